The van der Waals surface area contributed by atoms with E-state index in [-0.39, 0.29) is 23.9 Å². The minimum absolute atomic E-state index is 0.133. The van der Waals surface area contributed by atoms with Gasteiger partial charge in [-0.2, -0.15) is 5.10 Å². The van der Waals surface area contributed by atoms with Crippen molar-refractivity contribution in [2.24, 2.45) is 5.10 Å². The number of nitro groups is 2. The number of ether oxygens (including phenoxy) is 3. The van der Waals surface area contributed by atoms with Crippen molar-refractivity contribution in [2.75, 3.05) is 13.7 Å². The van der Waals surface area contributed by atoms with Gasteiger partial charge in [0.25, 0.3) is 11.6 Å². The molecular weight excluding hydrogens is 528 g/mol. The molecule has 35 heavy (non-hydrogen) atoms. The SMILES string of the molecule is COc1cc(/C=N/NC(=O)COc2ccc(Br)cc2)ccc1Oc1ccc([N+](=O)[O-])cc1[N+](=O)[O-]. The van der Waals surface area contributed by atoms with Crippen molar-refractivity contribution < 1.29 is 28.9 Å². The summed E-state index contributed by atoms with van der Waals surface area (Å²) < 4.78 is 17.1. The third-order valence-corrected chi connectivity index (χ3v) is 4.87. The Morgan fingerprint density at radius 3 is 2.37 bits per heavy atom. The van der Waals surface area contributed by atoms with Gasteiger partial charge < -0.3 is 14.2 Å². The lowest BCUT2D eigenvalue weighted by molar-refractivity contribution is -0.394. The fourth-order valence-electron chi connectivity index (χ4n) is 2.71. The number of hydrogen-bond donors (Lipinski definition) is 1. The predicted molar refractivity (Wildman–Crippen MR) is 128 cm³/mol. The zero-order chi connectivity index (χ0) is 25.4. The number of methoxy groups -OCH3 is 1. The normalized spacial score (nSPS) is 10.6. The second-order valence-corrected chi connectivity index (χ2v) is 7.63. The lowest BCUT2D eigenvalue weighted by Crippen LogP contribution is -2.24. The number of nitro benzene ring substituents is 2. The van der Waals surface area contributed by atoms with E-state index >= 15 is 0 Å². The summed E-state index contributed by atoms with van der Waals surface area (Å²) in [5, 5.41) is 26.1. The molecular formula is C22H17BrN4O8. The third kappa shape index (κ3) is 6.98. The molecule has 0 fully saturated rings. The van der Waals surface area contributed by atoms with E-state index in [9.17, 15) is 25.0 Å². The van der Waals surface area contributed by atoms with E-state index in [1.165, 1.54) is 25.5 Å². The molecule has 0 aliphatic rings. The van der Waals surface area contributed by atoms with Crippen molar-refractivity contribution in [1.29, 1.82) is 0 Å². The van der Waals surface area contributed by atoms with E-state index in [2.05, 4.69) is 26.5 Å². The Balaban J connectivity index is 1.65. The minimum atomic E-state index is -0.779. The zero-order valence-corrected chi connectivity index (χ0v) is 19.6. The summed E-state index contributed by atoms with van der Waals surface area (Å²) in [5.74, 6) is 0.209. The van der Waals surface area contributed by atoms with Gasteiger partial charge in [0.05, 0.1) is 29.2 Å². The van der Waals surface area contributed by atoms with Crippen LogP contribution in [0, 0.1) is 20.2 Å². The third-order valence-electron chi connectivity index (χ3n) is 4.34. The molecule has 3 aromatic carbocycles. The smallest absolute Gasteiger partial charge is 0.318 e. The largest absolute Gasteiger partial charge is 0.493 e. The maximum Gasteiger partial charge on any atom is 0.318 e. The second kappa shape index (κ2) is 11.6. The lowest BCUT2D eigenvalue weighted by Gasteiger charge is -2.11. The Labute approximate surface area is 206 Å². The van der Waals surface area contributed by atoms with Crippen molar-refractivity contribution in [2.45, 2.75) is 0 Å². The van der Waals surface area contributed by atoms with E-state index in [1.807, 2.05) is 0 Å². The van der Waals surface area contributed by atoms with Gasteiger partial charge in [0.1, 0.15) is 5.75 Å². The van der Waals surface area contributed by atoms with E-state index in [1.54, 1.807) is 30.3 Å². The number of nitrogens with zero attached hydrogens (tertiary/aromatic N) is 3. The van der Waals surface area contributed by atoms with E-state index in [4.69, 9.17) is 14.2 Å². The van der Waals surface area contributed by atoms with Gasteiger partial charge >= 0.3 is 5.69 Å². The Kier molecular flexibility index (Phi) is 8.29. The Morgan fingerprint density at radius 1 is 1.00 bits per heavy atom. The van der Waals surface area contributed by atoms with E-state index in [0.717, 1.165) is 22.7 Å². The second-order valence-electron chi connectivity index (χ2n) is 6.71. The number of nitrogens with one attached hydrogen (secondary N) is 1. The molecule has 1 amide bonds. The van der Waals surface area contributed by atoms with Crippen LogP contribution in [-0.4, -0.2) is 35.7 Å². The number of benzene rings is 3. The summed E-state index contributed by atoms with van der Waals surface area (Å²) in [6, 6.07) is 14.6. The molecule has 0 aliphatic heterocycles. The van der Waals surface area contributed by atoms with Crippen LogP contribution >= 0.6 is 15.9 Å². The van der Waals surface area contributed by atoms with Gasteiger partial charge in [0.2, 0.25) is 5.75 Å². The molecule has 0 saturated carbocycles. The van der Waals surface area contributed by atoms with Crippen molar-refractivity contribution in [1.82, 2.24) is 5.43 Å². The maximum atomic E-state index is 11.9. The number of carbonyl (C=O) groups excluding carboxylic acids is 1. The highest BCUT2D eigenvalue weighted by Crippen LogP contribution is 2.38. The van der Waals surface area contributed by atoms with Crippen molar-refractivity contribution in [3.05, 3.63) is 90.9 Å². The molecule has 0 unspecified atom stereocenters. The Bertz CT molecular complexity index is 1280. The molecule has 180 valence electrons. The number of hydrogen-bond acceptors (Lipinski definition) is 9. The van der Waals surface area contributed by atoms with Crippen LogP contribution in [0.1, 0.15) is 5.56 Å². The highest BCUT2D eigenvalue weighted by molar-refractivity contribution is 9.10. The van der Waals surface area contributed by atoms with Crippen LogP contribution in [-0.2, 0) is 4.79 Å². The summed E-state index contributed by atoms with van der Waals surface area (Å²) in [5.41, 5.74) is 1.85. The molecule has 0 atom stereocenters. The van der Waals surface area contributed by atoms with Crippen molar-refractivity contribution in [3.63, 3.8) is 0 Å². The first-order valence-electron chi connectivity index (χ1n) is 9.76. The first kappa shape index (κ1) is 25.1. The number of carbonyl (C=O) groups is 1. The fourth-order valence-corrected chi connectivity index (χ4v) is 2.97. The average Bonchev–Trinajstić information content (AvgIpc) is 2.84. The first-order valence-corrected chi connectivity index (χ1v) is 10.5. The highest BCUT2D eigenvalue weighted by Gasteiger charge is 2.22. The van der Waals surface area contributed by atoms with Gasteiger partial charge in [-0.25, -0.2) is 5.43 Å². The predicted octanol–water partition coefficient (Wildman–Crippen LogP) is 4.60. The Morgan fingerprint density at radius 2 is 1.71 bits per heavy atom. The monoisotopic (exact) mass is 544 g/mol. The number of non-ortho nitro benzene ring substituents is 1. The number of hydrazone groups is 1. The van der Waals surface area contributed by atoms with Crippen molar-refractivity contribution >= 4 is 39.4 Å². The number of halogens is 1. The number of rotatable bonds is 10. The standard InChI is InChI=1S/C22H17BrN4O8/c1-33-21-10-14(12-24-25-22(28)13-34-17-6-3-15(23)4-7-17)2-8-20(21)35-19-9-5-16(26(29)30)11-18(19)27(31)32/h2-12H,13H2,1H3,(H,25,28)/b24-12+. The molecule has 3 rings (SSSR count). The maximum absolute atomic E-state index is 11.9. The van der Waals surface area contributed by atoms with Crippen LogP contribution in [0.3, 0.4) is 0 Å². The molecule has 3 aromatic rings. The molecule has 12 nitrogen and oxygen atoms in total. The fraction of sp³-hybridized carbons (Fsp3) is 0.0909. The molecule has 0 aromatic heterocycles. The zero-order valence-electron chi connectivity index (χ0n) is 18.0. The quantitative estimate of drug-likeness (QED) is 0.220. The van der Waals surface area contributed by atoms with Gasteiger partial charge in [-0.05, 0) is 54.1 Å². The van der Waals surface area contributed by atoms with Gasteiger partial charge in [-0.3, -0.25) is 25.0 Å². The van der Waals surface area contributed by atoms with E-state index < -0.39 is 27.1 Å². The molecule has 0 heterocycles. The summed E-state index contributed by atoms with van der Waals surface area (Å²) in [6.45, 7) is -0.233. The van der Waals surface area contributed by atoms with Crippen LogP contribution in [0.4, 0.5) is 11.4 Å². The van der Waals surface area contributed by atoms with Gasteiger partial charge in [0.15, 0.2) is 18.1 Å². The molecule has 0 radical (unpaired) electrons. The summed E-state index contributed by atoms with van der Waals surface area (Å²) in [4.78, 5) is 32.6. The van der Waals surface area contributed by atoms with Gasteiger partial charge in [0, 0.05) is 10.5 Å². The van der Waals surface area contributed by atoms with Crippen LogP contribution in [0.25, 0.3) is 0 Å². The first-order chi connectivity index (χ1) is 16.8. The van der Waals surface area contributed by atoms with Crippen LogP contribution in [0.15, 0.2) is 70.2 Å². The lowest BCUT2D eigenvalue weighted by atomic mass is 10.2. The topological polar surface area (TPSA) is 155 Å². The van der Waals surface area contributed by atoms with Crippen LogP contribution in [0.2, 0.25) is 0 Å². The van der Waals surface area contributed by atoms with Gasteiger partial charge in [-0.15, -0.1) is 0 Å². The molecule has 0 spiro atoms. The van der Waals surface area contributed by atoms with Crippen molar-refractivity contribution in [3.8, 4) is 23.0 Å². The minimum Gasteiger partial charge on any atom is -0.493 e. The average molecular weight is 545 g/mol. The summed E-state index contributed by atoms with van der Waals surface area (Å²) >= 11 is 3.31. The van der Waals surface area contributed by atoms with E-state index in [0.29, 0.717) is 11.3 Å². The molecule has 0 aliphatic carbocycles. The summed E-state index contributed by atoms with van der Waals surface area (Å²) in [6.07, 6.45) is 1.36. The summed E-state index contributed by atoms with van der Waals surface area (Å²) in [7, 11) is 1.37. The molecule has 0 bridgehead atoms. The van der Waals surface area contributed by atoms with Crippen LogP contribution < -0.4 is 19.6 Å². The van der Waals surface area contributed by atoms with Gasteiger partial charge in [-0.1, -0.05) is 15.9 Å². The number of amides is 1. The molecule has 0 saturated heterocycles. The molecule has 13 heteroatoms. The molecule has 1 N–H and O–H groups in total. The van der Waals surface area contributed by atoms with Crippen LogP contribution in [0.5, 0.6) is 23.0 Å². The Hall–Kier alpha value is -4.52. The highest BCUT2D eigenvalue weighted by atomic mass is 79.9.